The standard InChI is InChI=1S/C14H24N4O/c1-3-11-8-18(12-4-5-12)14(16-11)17-6-7-19-13(9-17)10(2)15/h8,10,12-13H,3-7,9,15H2,1-2H3. The highest BCUT2D eigenvalue weighted by molar-refractivity contribution is 5.36. The van der Waals surface area contributed by atoms with E-state index in [-0.39, 0.29) is 12.1 Å². The number of aryl methyl sites for hydroxylation is 1. The highest BCUT2D eigenvalue weighted by Crippen LogP contribution is 2.38. The van der Waals surface area contributed by atoms with Crippen molar-refractivity contribution in [3.8, 4) is 0 Å². The maximum Gasteiger partial charge on any atom is 0.206 e. The van der Waals surface area contributed by atoms with Gasteiger partial charge in [-0.3, -0.25) is 0 Å². The molecular formula is C14H24N4O. The lowest BCUT2D eigenvalue weighted by Gasteiger charge is -2.35. The summed E-state index contributed by atoms with van der Waals surface area (Å²) >= 11 is 0. The number of hydrogen-bond donors (Lipinski definition) is 1. The molecular weight excluding hydrogens is 240 g/mol. The molecule has 0 bridgehead atoms. The predicted octanol–water partition coefficient (Wildman–Crippen LogP) is 1.33. The molecule has 1 aliphatic heterocycles. The summed E-state index contributed by atoms with van der Waals surface area (Å²) in [6, 6.07) is 0.733. The van der Waals surface area contributed by atoms with Crippen LogP contribution in [-0.4, -0.2) is 41.4 Å². The first-order valence-electron chi connectivity index (χ1n) is 7.39. The maximum absolute atomic E-state index is 5.97. The minimum atomic E-state index is 0.0674. The number of anilines is 1. The molecule has 106 valence electrons. The number of nitrogens with zero attached hydrogens (tertiary/aromatic N) is 3. The Kier molecular flexibility index (Phi) is 3.50. The molecule has 2 N–H and O–H groups in total. The molecule has 1 aliphatic carbocycles. The van der Waals surface area contributed by atoms with Crippen LogP contribution in [0.15, 0.2) is 6.20 Å². The van der Waals surface area contributed by atoms with E-state index in [1.54, 1.807) is 0 Å². The highest BCUT2D eigenvalue weighted by Gasteiger charge is 2.31. The van der Waals surface area contributed by atoms with Crippen LogP contribution in [0.3, 0.4) is 0 Å². The lowest BCUT2D eigenvalue weighted by molar-refractivity contribution is 0.0268. The fourth-order valence-corrected chi connectivity index (χ4v) is 2.63. The number of ether oxygens (including phenoxy) is 1. The molecule has 1 aromatic rings. The van der Waals surface area contributed by atoms with Crippen LogP contribution in [0.2, 0.25) is 0 Å². The molecule has 5 heteroatoms. The molecule has 5 nitrogen and oxygen atoms in total. The van der Waals surface area contributed by atoms with Gasteiger partial charge in [0.05, 0.1) is 18.4 Å². The lowest BCUT2D eigenvalue weighted by Crippen LogP contribution is -2.50. The van der Waals surface area contributed by atoms with Crippen LogP contribution < -0.4 is 10.6 Å². The summed E-state index contributed by atoms with van der Waals surface area (Å²) < 4.78 is 8.10. The Hall–Kier alpha value is -1.07. The number of morpholine rings is 1. The van der Waals surface area contributed by atoms with Gasteiger partial charge >= 0.3 is 0 Å². The Bertz CT molecular complexity index is 439. The van der Waals surface area contributed by atoms with Crippen molar-refractivity contribution in [2.24, 2.45) is 5.73 Å². The van der Waals surface area contributed by atoms with Crippen LogP contribution in [0.5, 0.6) is 0 Å². The van der Waals surface area contributed by atoms with E-state index >= 15 is 0 Å². The SMILES string of the molecule is CCc1cn(C2CC2)c(N2CCOC(C(C)N)C2)n1. The van der Waals surface area contributed by atoms with E-state index in [1.807, 2.05) is 6.92 Å². The number of aromatic nitrogens is 2. The van der Waals surface area contributed by atoms with E-state index in [0.717, 1.165) is 32.1 Å². The van der Waals surface area contributed by atoms with Crippen LogP contribution in [0, 0.1) is 0 Å². The summed E-state index contributed by atoms with van der Waals surface area (Å²) in [4.78, 5) is 7.14. The Labute approximate surface area is 114 Å². The molecule has 0 amide bonds. The average molecular weight is 264 g/mol. The van der Waals surface area contributed by atoms with Gasteiger partial charge in [0.15, 0.2) is 0 Å². The minimum absolute atomic E-state index is 0.0674. The van der Waals surface area contributed by atoms with E-state index in [0.29, 0.717) is 6.04 Å². The topological polar surface area (TPSA) is 56.3 Å². The van der Waals surface area contributed by atoms with Crippen molar-refractivity contribution in [3.05, 3.63) is 11.9 Å². The number of nitrogens with two attached hydrogens (primary N) is 1. The fourth-order valence-electron chi connectivity index (χ4n) is 2.63. The molecule has 0 spiro atoms. The van der Waals surface area contributed by atoms with E-state index in [1.165, 1.54) is 18.5 Å². The van der Waals surface area contributed by atoms with Gasteiger partial charge in [0.2, 0.25) is 5.95 Å². The first-order chi connectivity index (χ1) is 9.19. The molecule has 0 radical (unpaired) electrons. The van der Waals surface area contributed by atoms with Gasteiger partial charge in [-0.05, 0) is 26.2 Å². The van der Waals surface area contributed by atoms with Crippen molar-refractivity contribution in [2.45, 2.75) is 51.3 Å². The lowest BCUT2D eigenvalue weighted by atomic mass is 10.1. The van der Waals surface area contributed by atoms with E-state index in [4.69, 9.17) is 15.5 Å². The zero-order valence-corrected chi connectivity index (χ0v) is 11.9. The van der Waals surface area contributed by atoms with Crippen LogP contribution >= 0.6 is 0 Å². The highest BCUT2D eigenvalue weighted by atomic mass is 16.5. The second-order valence-electron chi connectivity index (χ2n) is 5.74. The third-order valence-corrected chi connectivity index (χ3v) is 4.03. The van der Waals surface area contributed by atoms with Crippen molar-refractivity contribution in [1.29, 1.82) is 0 Å². The van der Waals surface area contributed by atoms with Crippen molar-refractivity contribution in [3.63, 3.8) is 0 Å². The van der Waals surface area contributed by atoms with Crippen molar-refractivity contribution in [1.82, 2.24) is 9.55 Å². The second-order valence-corrected chi connectivity index (χ2v) is 5.74. The summed E-state index contributed by atoms with van der Waals surface area (Å²) in [5, 5.41) is 0. The Morgan fingerprint density at radius 3 is 2.95 bits per heavy atom. The molecule has 1 aromatic heterocycles. The number of hydrogen-bond acceptors (Lipinski definition) is 4. The quantitative estimate of drug-likeness (QED) is 0.891. The minimum Gasteiger partial charge on any atom is -0.373 e. The molecule has 3 rings (SSSR count). The summed E-state index contributed by atoms with van der Waals surface area (Å²) in [5.74, 6) is 1.12. The van der Waals surface area contributed by atoms with Gasteiger partial charge in [0.25, 0.3) is 0 Å². The zero-order valence-electron chi connectivity index (χ0n) is 11.9. The summed E-state index contributed by atoms with van der Waals surface area (Å²) in [6.07, 6.45) is 5.90. The van der Waals surface area contributed by atoms with Gasteiger partial charge < -0.3 is 19.9 Å². The van der Waals surface area contributed by atoms with Gasteiger partial charge in [-0.1, -0.05) is 6.92 Å². The summed E-state index contributed by atoms with van der Waals surface area (Å²) in [5.41, 5.74) is 7.16. The van der Waals surface area contributed by atoms with E-state index < -0.39 is 0 Å². The summed E-state index contributed by atoms with van der Waals surface area (Å²) in [6.45, 7) is 6.68. The molecule has 1 saturated carbocycles. The first-order valence-corrected chi connectivity index (χ1v) is 7.39. The van der Waals surface area contributed by atoms with Crippen LogP contribution in [-0.2, 0) is 11.2 Å². The third-order valence-electron chi connectivity index (χ3n) is 4.03. The van der Waals surface area contributed by atoms with Crippen molar-refractivity contribution >= 4 is 5.95 Å². The molecule has 2 heterocycles. The summed E-state index contributed by atoms with van der Waals surface area (Å²) in [7, 11) is 0. The molecule has 2 aliphatic rings. The van der Waals surface area contributed by atoms with Gasteiger partial charge in [-0.15, -0.1) is 0 Å². The molecule has 19 heavy (non-hydrogen) atoms. The van der Waals surface area contributed by atoms with Gasteiger partial charge in [0.1, 0.15) is 0 Å². The normalized spacial score (nSPS) is 25.6. The van der Waals surface area contributed by atoms with E-state index in [2.05, 4.69) is 22.6 Å². The molecule has 2 atom stereocenters. The number of rotatable bonds is 4. The number of imidazole rings is 1. The third kappa shape index (κ3) is 2.62. The Morgan fingerprint density at radius 1 is 1.53 bits per heavy atom. The van der Waals surface area contributed by atoms with Gasteiger partial charge in [-0.25, -0.2) is 4.98 Å². The Balaban J connectivity index is 1.82. The van der Waals surface area contributed by atoms with Gasteiger partial charge in [-0.2, -0.15) is 0 Å². The predicted molar refractivity (Wildman–Crippen MR) is 75.5 cm³/mol. The largest absolute Gasteiger partial charge is 0.373 e. The van der Waals surface area contributed by atoms with Crippen LogP contribution in [0.1, 0.15) is 38.4 Å². The zero-order chi connectivity index (χ0) is 13.4. The average Bonchev–Trinajstić information content (AvgIpc) is 3.18. The van der Waals surface area contributed by atoms with Crippen molar-refractivity contribution < 1.29 is 4.74 Å². The molecule has 2 fully saturated rings. The van der Waals surface area contributed by atoms with Gasteiger partial charge in [0, 0.05) is 31.4 Å². The molecule has 1 saturated heterocycles. The second kappa shape index (κ2) is 5.13. The monoisotopic (exact) mass is 264 g/mol. The fraction of sp³-hybridized carbons (Fsp3) is 0.786. The van der Waals surface area contributed by atoms with E-state index in [9.17, 15) is 0 Å². The first kappa shape index (κ1) is 12.9. The maximum atomic E-state index is 5.97. The Morgan fingerprint density at radius 2 is 2.32 bits per heavy atom. The van der Waals surface area contributed by atoms with Crippen LogP contribution in [0.4, 0.5) is 5.95 Å². The molecule has 0 aromatic carbocycles. The van der Waals surface area contributed by atoms with Crippen molar-refractivity contribution in [2.75, 3.05) is 24.6 Å². The smallest absolute Gasteiger partial charge is 0.206 e. The molecule has 2 unspecified atom stereocenters. The van der Waals surface area contributed by atoms with Crippen LogP contribution in [0.25, 0.3) is 0 Å².